The lowest BCUT2D eigenvalue weighted by atomic mass is 9.94. The largest absolute Gasteiger partial charge is 0.507 e. The lowest BCUT2D eigenvalue weighted by molar-refractivity contribution is -0.132. The van der Waals surface area contributed by atoms with Gasteiger partial charge in [0.2, 0.25) is 0 Å². The van der Waals surface area contributed by atoms with Gasteiger partial charge in [0, 0.05) is 18.2 Å². The first-order valence-electron chi connectivity index (χ1n) is 11.4. The van der Waals surface area contributed by atoms with E-state index >= 15 is 0 Å². The van der Waals surface area contributed by atoms with Gasteiger partial charge < -0.3 is 14.6 Å². The molecule has 7 nitrogen and oxygen atoms in total. The van der Waals surface area contributed by atoms with E-state index in [1.807, 2.05) is 32.9 Å². The highest BCUT2D eigenvalue weighted by molar-refractivity contribution is 6.51. The maximum atomic E-state index is 13.4. The summed E-state index contributed by atoms with van der Waals surface area (Å²) in [7, 11) is 1.55. The number of amides is 1. The first kappa shape index (κ1) is 24.7. The number of esters is 1. The van der Waals surface area contributed by atoms with Crippen LogP contribution in [0.4, 0.5) is 5.69 Å². The molecule has 0 aromatic heterocycles. The molecule has 1 heterocycles. The van der Waals surface area contributed by atoms with Crippen LogP contribution in [0.3, 0.4) is 0 Å². The zero-order chi connectivity index (χ0) is 26.1. The molecule has 1 fully saturated rings. The van der Waals surface area contributed by atoms with Gasteiger partial charge in [-0.1, -0.05) is 18.2 Å². The Morgan fingerprint density at radius 3 is 2.17 bits per heavy atom. The molecule has 0 aliphatic carbocycles. The Morgan fingerprint density at radius 2 is 1.58 bits per heavy atom. The summed E-state index contributed by atoms with van der Waals surface area (Å²) >= 11 is 0. The molecule has 1 saturated heterocycles. The maximum absolute atomic E-state index is 13.4. The molecule has 1 atom stereocenters. The molecule has 184 valence electrons. The third kappa shape index (κ3) is 4.47. The van der Waals surface area contributed by atoms with Crippen LogP contribution in [0.1, 0.15) is 40.8 Å². The van der Waals surface area contributed by atoms with Crippen molar-refractivity contribution in [2.75, 3.05) is 12.0 Å². The SMILES string of the molecule is COc1ccc(/C(O)=C2\C(=O)C(=O)N(c3ccc(C)c(C)c3)C2c2ccc(OC(C)=O)cc2)cc1C. The molecular formula is C29H27NO6. The maximum Gasteiger partial charge on any atom is 0.308 e. The highest BCUT2D eigenvalue weighted by Crippen LogP contribution is 2.43. The summed E-state index contributed by atoms with van der Waals surface area (Å²) in [4.78, 5) is 39.4. The van der Waals surface area contributed by atoms with E-state index in [-0.39, 0.29) is 11.3 Å². The van der Waals surface area contributed by atoms with Crippen molar-refractivity contribution < 1.29 is 29.0 Å². The van der Waals surface area contributed by atoms with E-state index in [0.29, 0.717) is 28.3 Å². The highest BCUT2D eigenvalue weighted by Gasteiger charge is 2.47. The van der Waals surface area contributed by atoms with Gasteiger partial charge in [-0.25, -0.2) is 0 Å². The number of anilines is 1. The molecule has 1 aliphatic rings. The summed E-state index contributed by atoms with van der Waals surface area (Å²) in [6, 6.07) is 16.2. The number of nitrogens with zero attached hydrogens (tertiary/aromatic N) is 1. The first-order chi connectivity index (χ1) is 17.1. The minimum absolute atomic E-state index is 0.0250. The summed E-state index contributed by atoms with van der Waals surface area (Å²) in [5.41, 5.74) is 4.27. The molecule has 0 spiro atoms. The number of ether oxygens (including phenoxy) is 2. The third-order valence-corrected chi connectivity index (χ3v) is 6.34. The number of rotatable bonds is 5. The fourth-order valence-corrected chi connectivity index (χ4v) is 4.36. The van der Waals surface area contributed by atoms with Crippen molar-refractivity contribution in [1.82, 2.24) is 0 Å². The number of hydrogen-bond donors (Lipinski definition) is 1. The van der Waals surface area contributed by atoms with Crippen LogP contribution in [-0.4, -0.2) is 29.9 Å². The van der Waals surface area contributed by atoms with Crippen LogP contribution in [0.2, 0.25) is 0 Å². The van der Waals surface area contributed by atoms with Gasteiger partial charge in [-0.2, -0.15) is 0 Å². The first-order valence-corrected chi connectivity index (χ1v) is 11.4. The third-order valence-electron chi connectivity index (χ3n) is 6.34. The van der Waals surface area contributed by atoms with Crippen LogP contribution in [0.5, 0.6) is 11.5 Å². The average Bonchev–Trinajstić information content (AvgIpc) is 3.11. The van der Waals surface area contributed by atoms with Crippen LogP contribution in [0.15, 0.2) is 66.2 Å². The lowest BCUT2D eigenvalue weighted by Crippen LogP contribution is -2.29. The smallest absolute Gasteiger partial charge is 0.308 e. The van der Waals surface area contributed by atoms with E-state index in [2.05, 4.69) is 0 Å². The molecule has 4 rings (SSSR count). The number of Topliss-reactive ketones (excluding diaryl/α,β-unsaturated/α-hetero) is 1. The molecule has 0 radical (unpaired) electrons. The average molecular weight is 486 g/mol. The van der Waals surface area contributed by atoms with E-state index in [1.165, 1.54) is 11.8 Å². The van der Waals surface area contributed by atoms with Crippen LogP contribution in [-0.2, 0) is 14.4 Å². The lowest BCUT2D eigenvalue weighted by Gasteiger charge is -2.26. The zero-order valence-electron chi connectivity index (χ0n) is 20.8. The van der Waals surface area contributed by atoms with Crippen molar-refractivity contribution >= 4 is 29.1 Å². The van der Waals surface area contributed by atoms with Gasteiger partial charge in [-0.3, -0.25) is 19.3 Å². The van der Waals surface area contributed by atoms with Crippen LogP contribution >= 0.6 is 0 Å². The number of hydrogen-bond acceptors (Lipinski definition) is 6. The molecule has 7 heteroatoms. The Labute approximate surface area is 209 Å². The predicted octanol–water partition coefficient (Wildman–Crippen LogP) is 5.17. The van der Waals surface area contributed by atoms with Crippen molar-refractivity contribution in [2.24, 2.45) is 0 Å². The number of carbonyl (C=O) groups excluding carboxylic acids is 3. The van der Waals surface area contributed by atoms with Crippen molar-refractivity contribution in [3.05, 3.63) is 94.1 Å². The van der Waals surface area contributed by atoms with Gasteiger partial charge >= 0.3 is 5.97 Å². The molecule has 3 aromatic carbocycles. The molecule has 1 amide bonds. The zero-order valence-corrected chi connectivity index (χ0v) is 20.8. The monoisotopic (exact) mass is 485 g/mol. The summed E-state index contributed by atoms with van der Waals surface area (Å²) in [6.45, 7) is 7.02. The molecular weight excluding hydrogens is 458 g/mol. The van der Waals surface area contributed by atoms with E-state index in [9.17, 15) is 19.5 Å². The van der Waals surface area contributed by atoms with Crippen LogP contribution in [0.25, 0.3) is 5.76 Å². The number of methoxy groups -OCH3 is 1. The molecule has 1 N–H and O–H groups in total. The molecule has 1 aliphatic heterocycles. The number of ketones is 1. The van der Waals surface area contributed by atoms with E-state index in [1.54, 1.807) is 55.6 Å². The molecule has 0 bridgehead atoms. The molecule has 0 saturated carbocycles. The van der Waals surface area contributed by atoms with E-state index < -0.39 is 23.7 Å². The molecule has 3 aromatic rings. The molecule has 36 heavy (non-hydrogen) atoms. The topological polar surface area (TPSA) is 93.1 Å². The Balaban J connectivity index is 1.91. The highest BCUT2D eigenvalue weighted by atomic mass is 16.5. The van der Waals surface area contributed by atoms with Crippen molar-refractivity contribution in [1.29, 1.82) is 0 Å². The van der Waals surface area contributed by atoms with Crippen molar-refractivity contribution in [3.63, 3.8) is 0 Å². The number of aliphatic hydroxyl groups is 1. The van der Waals surface area contributed by atoms with E-state index in [0.717, 1.165) is 16.7 Å². The fourth-order valence-electron chi connectivity index (χ4n) is 4.36. The second kappa shape index (κ2) is 9.70. The minimum atomic E-state index is -0.888. The van der Waals surface area contributed by atoms with E-state index in [4.69, 9.17) is 9.47 Å². The standard InChI is InChI=1S/C29H27NO6/c1-16-6-10-22(15-17(16)2)30-26(20-7-11-23(12-8-20)36-19(4)31)25(28(33)29(30)34)27(32)21-9-13-24(35-5)18(3)14-21/h6-15,26,32H,1-5H3/b27-25+. The van der Waals surface area contributed by atoms with Gasteiger partial charge in [0.1, 0.15) is 17.3 Å². The Hall–Kier alpha value is -4.39. The van der Waals surface area contributed by atoms with Crippen molar-refractivity contribution in [3.8, 4) is 11.5 Å². The number of aliphatic hydroxyl groups excluding tert-OH is 1. The normalized spacial score (nSPS) is 16.8. The number of carbonyl (C=O) groups is 3. The van der Waals surface area contributed by atoms with Gasteiger partial charge in [0.05, 0.1) is 18.7 Å². The second-order valence-corrected chi connectivity index (χ2v) is 8.78. The fraction of sp³-hybridized carbons (Fsp3) is 0.207. The quantitative estimate of drug-likeness (QED) is 0.176. The van der Waals surface area contributed by atoms with Gasteiger partial charge in [-0.15, -0.1) is 0 Å². The Kier molecular flexibility index (Phi) is 6.66. The Bertz CT molecular complexity index is 1400. The predicted molar refractivity (Wildman–Crippen MR) is 136 cm³/mol. The van der Waals surface area contributed by atoms with Gasteiger partial charge in [0.25, 0.3) is 11.7 Å². The number of aryl methyl sites for hydroxylation is 3. The van der Waals surface area contributed by atoms with Gasteiger partial charge in [0.15, 0.2) is 0 Å². The summed E-state index contributed by atoms with van der Waals surface area (Å²) in [5.74, 6) is -1.29. The van der Waals surface area contributed by atoms with Crippen LogP contribution < -0.4 is 14.4 Å². The van der Waals surface area contributed by atoms with Crippen molar-refractivity contribution in [2.45, 2.75) is 33.7 Å². The summed E-state index contributed by atoms with van der Waals surface area (Å²) < 4.78 is 10.4. The van der Waals surface area contributed by atoms with Gasteiger partial charge in [-0.05, 0) is 85.5 Å². The summed E-state index contributed by atoms with van der Waals surface area (Å²) in [6.07, 6.45) is 0. The summed E-state index contributed by atoms with van der Waals surface area (Å²) in [5, 5.41) is 11.3. The number of benzene rings is 3. The minimum Gasteiger partial charge on any atom is -0.507 e. The Morgan fingerprint density at radius 1 is 0.889 bits per heavy atom. The molecule has 1 unspecified atom stereocenters. The van der Waals surface area contributed by atoms with Crippen LogP contribution in [0, 0.1) is 20.8 Å². The second-order valence-electron chi connectivity index (χ2n) is 8.78.